The smallest absolute Gasteiger partial charge is 0.341 e. The number of nitrogens with two attached hydrogens (primary N) is 1. The van der Waals surface area contributed by atoms with Crippen LogP contribution in [-0.4, -0.2) is 42.9 Å². The zero-order valence-corrected chi connectivity index (χ0v) is 16.0. The van der Waals surface area contributed by atoms with E-state index in [9.17, 15) is 28.9 Å². The Bertz CT molecular complexity index is 964. The van der Waals surface area contributed by atoms with Gasteiger partial charge in [-0.3, -0.25) is 19.7 Å². The molecule has 0 unspecified atom stereocenters. The number of nitrogens with zero attached hydrogens (tertiary/aromatic N) is 2. The highest BCUT2D eigenvalue weighted by molar-refractivity contribution is 6.00. The number of halogens is 1. The first-order valence-electron chi connectivity index (χ1n) is 8.70. The summed E-state index contributed by atoms with van der Waals surface area (Å²) in [5.41, 5.74) is 5.25. The number of carbonyl (C=O) groups excluding carboxylic acids is 3. The minimum Gasteiger partial charge on any atom is -0.452 e. The lowest BCUT2D eigenvalue weighted by Gasteiger charge is -2.22. The Morgan fingerprint density at radius 1 is 1.20 bits per heavy atom. The van der Waals surface area contributed by atoms with Crippen LogP contribution in [0.1, 0.15) is 16.8 Å². The first kappa shape index (κ1) is 22.3. The third-order valence-corrected chi connectivity index (χ3v) is 4.05. The predicted molar refractivity (Wildman–Crippen MR) is 105 cm³/mol. The molecule has 3 N–H and O–H groups in total. The summed E-state index contributed by atoms with van der Waals surface area (Å²) >= 11 is 0. The highest BCUT2D eigenvalue weighted by Crippen LogP contribution is 2.23. The number of benzene rings is 2. The molecular formula is C19H19FN4O6. The third kappa shape index (κ3) is 5.74. The maximum Gasteiger partial charge on any atom is 0.341 e. The minimum atomic E-state index is -0.953. The maximum absolute atomic E-state index is 13.2. The Kier molecular flexibility index (Phi) is 7.39. The van der Waals surface area contributed by atoms with E-state index in [1.165, 1.54) is 31.3 Å². The van der Waals surface area contributed by atoms with Crippen molar-refractivity contribution >= 4 is 34.8 Å². The number of nitro groups is 1. The molecule has 0 aliphatic rings. The Morgan fingerprint density at radius 3 is 2.43 bits per heavy atom. The van der Waals surface area contributed by atoms with E-state index in [1.54, 1.807) is 0 Å². The van der Waals surface area contributed by atoms with Gasteiger partial charge < -0.3 is 20.7 Å². The van der Waals surface area contributed by atoms with Gasteiger partial charge in [-0.2, -0.15) is 0 Å². The van der Waals surface area contributed by atoms with E-state index in [-0.39, 0.29) is 35.6 Å². The molecule has 0 radical (unpaired) electrons. The molecule has 2 aromatic carbocycles. The zero-order chi connectivity index (χ0) is 22.3. The van der Waals surface area contributed by atoms with Gasteiger partial charge in [0.1, 0.15) is 5.82 Å². The summed E-state index contributed by atoms with van der Waals surface area (Å²) in [6.45, 7) is -0.809. The first-order chi connectivity index (χ1) is 14.2. The average Bonchev–Trinajstić information content (AvgIpc) is 2.72. The molecule has 0 atom stereocenters. The third-order valence-electron chi connectivity index (χ3n) is 4.05. The number of hydrogen-bond donors (Lipinski definition) is 2. The molecule has 11 heteroatoms. The van der Waals surface area contributed by atoms with Gasteiger partial charge >= 0.3 is 5.97 Å². The molecule has 0 heterocycles. The summed E-state index contributed by atoms with van der Waals surface area (Å²) in [7, 11) is 1.52. The number of non-ortho nitro benzene ring substituents is 1. The lowest BCUT2D eigenvalue weighted by Crippen LogP contribution is -2.37. The first-order valence-corrected chi connectivity index (χ1v) is 8.70. The molecule has 0 aliphatic carbocycles. The molecular weight excluding hydrogens is 399 g/mol. The van der Waals surface area contributed by atoms with Gasteiger partial charge in [-0.25, -0.2) is 9.18 Å². The molecule has 0 fully saturated rings. The van der Waals surface area contributed by atoms with Gasteiger partial charge in [-0.05, 0) is 30.3 Å². The van der Waals surface area contributed by atoms with Crippen molar-refractivity contribution in [3.63, 3.8) is 0 Å². The summed E-state index contributed by atoms with van der Waals surface area (Å²) in [4.78, 5) is 47.5. The van der Waals surface area contributed by atoms with E-state index in [1.807, 2.05) is 0 Å². The molecule has 0 bridgehead atoms. The van der Waals surface area contributed by atoms with E-state index >= 15 is 0 Å². The summed E-state index contributed by atoms with van der Waals surface area (Å²) < 4.78 is 18.2. The lowest BCUT2D eigenvalue weighted by atomic mass is 10.1. The second-order valence-electron chi connectivity index (χ2n) is 6.05. The fourth-order valence-corrected chi connectivity index (χ4v) is 2.56. The second-order valence-corrected chi connectivity index (χ2v) is 6.05. The largest absolute Gasteiger partial charge is 0.452 e. The normalized spacial score (nSPS) is 10.2. The van der Waals surface area contributed by atoms with Crippen LogP contribution in [0.25, 0.3) is 0 Å². The van der Waals surface area contributed by atoms with E-state index in [0.29, 0.717) is 0 Å². The number of anilines is 2. The van der Waals surface area contributed by atoms with Gasteiger partial charge in [-0.1, -0.05) is 0 Å². The SMILES string of the molecule is CNc1ccc([N+](=O)[O-])cc1C(=O)OCC(=O)N(CCC(N)=O)c1ccc(F)cc1. The standard InChI is InChI=1S/C19H19FN4O6/c1-22-16-7-6-14(24(28)29)10-15(16)19(27)30-11-18(26)23(9-8-17(21)25)13-4-2-12(20)3-5-13/h2-7,10,22H,8-9,11H2,1H3,(H2,21,25). The number of nitro benzene ring substituents is 1. The molecule has 0 aliphatic heterocycles. The van der Waals surface area contributed by atoms with Crippen molar-refractivity contribution in [3.8, 4) is 0 Å². The lowest BCUT2D eigenvalue weighted by molar-refractivity contribution is -0.384. The van der Waals surface area contributed by atoms with Crippen molar-refractivity contribution in [2.24, 2.45) is 5.73 Å². The average molecular weight is 418 g/mol. The molecule has 0 aromatic heterocycles. The van der Waals surface area contributed by atoms with Crippen molar-refractivity contribution in [1.29, 1.82) is 0 Å². The molecule has 2 aromatic rings. The number of nitrogens with one attached hydrogen (secondary N) is 1. The molecule has 0 saturated carbocycles. The van der Waals surface area contributed by atoms with E-state index in [2.05, 4.69) is 5.32 Å². The molecule has 158 valence electrons. The quantitative estimate of drug-likeness (QED) is 0.359. The minimum absolute atomic E-state index is 0.101. The Morgan fingerprint density at radius 2 is 1.87 bits per heavy atom. The topological polar surface area (TPSA) is 145 Å². The van der Waals surface area contributed by atoms with Crippen molar-refractivity contribution in [2.75, 3.05) is 30.4 Å². The Balaban J connectivity index is 2.16. The van der Waals surface area contributed by atoms with Gasteiger partial charge in [0.2, 0.25) is 5.91 Å². The van der Waals surface area contributed by atoms with Gasteiger partial charge in [0.15, 0.2) is 6.61 Å². The van der Waals surface area contributed by atoms with Crippen LogP contribution in [0.3, 0.4) is 0 Å². The summed E-state index contributed by atoms with van der Waals surface area (Å²) in [5, 5.41) is 13.7. The van der Waals surface area contributed by atoms with E-state index < -0.39 is 35.1 Å². The molecule has 0 spiro atoms. The number of esters is 1. The number of carbonyl (C=O) groups is 3. The van der Waals surface area contributed by atoms with Crippen LogP contribution < -0.4 is 16.0 Å². The van der Waals surface area contributed by atoms with Crippen molar-refractivity contribution in [3.05, 3.63) is 64.0 Å². The monoisotopic (exact) mass is 418 g/mol. The number of amides is 2. The molecule has 10 nitrogen and oxygen atoms in total. The predicted octanol–water partition coefficient (Wildman–Crippen LogP) is 1.84. The summed E-state index contributed by atoms with van der Waals surface area (Å²) in [6.07, 6.45) is -0.161. The summed E-state index contributed by atoms with van der Waals surface area (Å²) in [6, 6.07) is 8.51. The molecule has 2 amide bonds. The van der Waals surface area contributed by atoms with Crippen LogP contribution in [0.4, 0.5) is 21.5 Å². The van der Waals surface area contributed by atoms with E-state index in [0.717, 1.165) is 23.1 Å². The van der Waals surface area contributed by atoms with Gasteiger partial charge in [0.25, 0.3) is 11.6 Å². The fraction of sp³-hybridized carbons (Fsp3) is 0.211. The number of ether oxygens (including phenoxy) is 1. The van der Waals surface area contributed by atoms with Crippen LogP contribution in [0.15, 0.2) is 42.5 Å². The van der Waals surface area contributed by atoms with Crippen LogP contribution in [0, 0.1) is 15.9 Å². The van der Waals surface area contributed by atoms with Gasteiger partial charge in [0.05, 0.1) is 10.5 Å². The molecule has 30 heavy (non-hydrogen) atoms. The molecule has 0 saturated heterocycles. The number of primary amides is 1. The Labute approximate surface area is 170 Å². The fourth-order valence-electron chi connectivity index (χ4n) is 2.56. The van der Waals surface area contributed by atoms with Crippen molar-refractivity contribution in [2.45, 2.75) is 6.42 Å². The Hall–Kier alpha value is -4.02. The number of hydrogen-bond acceptors (Lipinski definition) is 7. The highest BCUT2D eigenvalue weighted by atomic mass is 19.1. The zero-order valence-electron chi connectivity index (χ0n) is 16.0. The van der Waals surface area contributed by atoms with Crippen molar-refractivity contribution in [1.82, 2.24) is 0 Å². The number of rotatable bonds is 9. The van der Waals surface area contributed by atoms with Gasteiger partial charge in [-0.15, -0.1) is 0 Å². The van der Waals surface area contributed by atoms with E-state index in [4.69, 9.17) is 10.5 Å². The summed E-state index contributed by atoms with van der Waals surface area (Å²) in [5.74, 6) is -2.81. The van der Waals surface area contributed by atoms with Gasteiger partial charge in [0, 0.05) is 43.5 Å². The van der Waals surface area contributed by atoms with Crippen LogP contribution in [0.2, 0.25) is 0 Å². The molecule has 2 rings (SSSR count). The van der Waals surface area contributed by atoms with Crippen molar-refractivity contribution < 1.29 is 28.4 Å². The highest BCUT2D eigenvalue weighted by Gasteiger charge is 2.22. The van der Waals surface area contributed by atoms with Crippen LogP contribution in [0.5, 0.6) is 0 Å². The van der Waals surface area contributed by atoms with Crippen LogP contribution >= 0.6 is 0 Å². The second kappa shape index (κ2) is 9.96. The maximum atomic E-state index is 13.2. The van der Waals surface area contributed by atoms with Crippen LogP contribution in [-0.2, 0) is 14.3 Å².